The van der Waals surface area contributed by atoms with E-state index in [0.717, 1.165) is 11.8 Å². The summed E-state index contributed by atoms with van der Waals surface area (Å²) in [4.78, 5) is 8.96. The monoisotopic (exact) mass is 983 g/mol. The number of hydrogen-bond donors (Lipinski definition) is 0. The van der Waals surface area contributed by atoms with Crippen LogP contribution in [-0.4, -0.2) is 12.5 Å². The lowest BCUT2D eigenvalue weighted by atomic mass is 9.88. The van der Waals surface area contributed by atoms with Gasteiger partial charge in [0.2, 0.25) is 0 Å². The Morgan fingerprint density at radius 2 is 0.609 bits per heavy atom. The zero-order valence-electron chi connectivity index (χ0n) is 42.1. The third-order valence-corrected chi connectivity index (χ3v) is 21.0. The Morgan fingerprint density at radius 3 is 0.891 bits per heavy atom. The predicted molar refractivity (Wildman–Crippen MR) is 303 cm³/mol. The summed E-state index contributed by atoms with van der Waals surface area (Å²) in [6.07, 6.45) is 52.2. The molecule has 0 N–H and O–H groups in total. The average molecular weight is 984 g/mol. The van der Waals surface area contributed by atoms with Crippen molar-refractivity contribution in [3.63, 3.8) is 0 Å². The first kappa shape index (κ1) is 56.1. The fraction of sp³-hybridized carbons (Fsp3) is 0.724. The first-order valence-corrected chi connectivity index (χ1v) is 32.8. The van der Waals surface area contributed by atoms with Gasteiger partial charge in [-0.3, -0.25) is 0 Å². The molecule has 0 aliphatic heterocycles. The number of unbranched alkanes of at least 4 members (excludes halogenated alkanes) is 24. The second kappa shape index (κ2) is 35.6. The molecule has 64 heavy (non-hydrogen) atoms. The van der Waals surface area contributed by atoms with Gasteiger partial charge in [-0.15, -0.1) is 68.9 Å². The van der Waals surface area contributed by atoms with Crippen LogP contribution in [0, 0.1) is 11.8 Å². The van der Waals surface area contributed by atoms with Gasteiger partial charge in [0.25, 0.3) is 0 Å². The summed E-state index contributed by atoms with van der Waals surface area (Å²) >= 11 is 12.1. The molecule has 0 fully saturated rings. The van der Waals surface area contributed by atoms with Crippen molar-refractivity contribution < 1.29 is 0 Å². The molecule has 4 heterocycles. The minimum Gasteiger partial charge on any atom is -0.134 e. The summed E-state index contributed by atoms with van der Waals surface area (Å²) in [5.74, 6) is 1.62. The van der Waals surface area contributed by atoms with E-state index in [0.29, 0.717) is 0 Å². The maximum Gasteiger partial charge on any atom is 0.0605 e. The van der Waals surface area contributed by atoms with E-state index in [1.807, 2.05) is 46.2 Å². The highest BCUT2D eigenvalue weighted by molar-refractivity contribution is 8.00. The van der Waals surface area contributed by atoms with E-state index < -0.39 is 0 Å². The van der Waals surface area contributed by atoms with Crippen molar-refractivity contribution in [2.75, 3.05) is 12.5 Å². The molecule has 0 spiro atoms. The van der Waals surface area contributed by atoms with Crippen LogP contribution in [0.4, 0.5) is 0 Å². The van der Waals surface area contributed by atoms with E-state index in [9.17, 15) is 0 Å². The van der Waals surface area contributed by atoms with Crippen LogP contribution < -0.4 is 0 Å². The van der Waals surface area contributed by atoms with Crippen molar-refractivity contribution in [3.05, 3.63) is 47.5 Å². The van der Waals surface area contributed by atoms with Gasteiger partial charge < -0.3 is 0 Å². The first-order valence-electron chi connectivity index (χ1n) is 27.1. The van der Waals surface area contributed by atoms with Crippen LogP contribution in [0.1, 0.15) is 244 Å². The normalized spacial score (nSPS) is 12.8. The highest BCUT2D eigenvalue weighted by Gasteiger charge is 2.21. The van der Waals surface area contributed by atoms with Crippen LogP contribution in [0.15, 0.2) is 44.8 Å². The van der Waals surface area contributed by atoms with Gasteiger partial charge in [-0.2, -0.15) is 0 Å². The van der Waals surface area contributed by atoms with Crippen molar-refractivity contribution in [1.82, 2.24) is 0 Å². The Labute approximate surface area is 421 Å². The van der Waals surface area contributed by atoms with Crippen molar-refractivity contribution in [2.45, 2.75) is 254 Å². The van der Waals surface area contributed by atoms with E-state index in [1.54, 1.807) is 20.9 Å². The minimum atomic E-state index is 0.811. The molecule has 4 aromatic heterocycles. The fourth-order valence-electron chi connectivity index (χ4n) is 9.79. The van der Waals surface area contributed by atoms with Crippen molar-refractivity contribution in [3.8, 4) is 29.3 Å². The van der Waals surface area contributed by atoms with E-state index in [4.69, 9.17) is 0 Å². The van der Waals surface area contributed by atoms with E-state index >= 15 is 0 Å². The van der Waals surface area contributed by atoms with E-state index in [2.05, 4.69) is 99.3 Å². The third-order valence-electron chi connectivity index (χ3n) is 13.8. The van der Waals surface area contributed by atoms with Crippen LogP contribution in [0.2, 0.25) is 0 Å². The molecule has 0 bridgehead atoms. The van der Waals surface area contributed by atoms with Gasteiger partial charge >= 0.3 is 0 Å². The lowest BCUT2D eigenvalue weighted by Gasteiger charge is -2.17. The molecule has 0 nitrogen and oxygen atoms in total. The molecule has 2 unspecified atom stereocenters. The number of thioether (sulfide) groups is 2. The molecule has 0 saturated heterocycles. The fourth-order valence-corrected chi connectivity index (χ4v) is 15.7. The molecule has 0 saturated carbocycles. The summed E-state index contributed by atoms with van der Waals surface area (Å²) in [6.45, 7) is 9.33. The number of thiophene rings is 4. The van der Waals surface area contributed by atoms with Gasteiger partial charge in [0.05, 0.1) is 8.42 Å². The molecule has 2 atom stereocenters. The Kier molecular flexibility index (Phi) is 31.2. The lowest BCUT2D eigenvalue weighted by molar-refractivity contribution is 0.401. The first-order chi connectivity index (χ1) is 31.5. The zero-order valence-corrected chi connectivity index (χ0v) is 47.0. The van der Waals surface area contributed by atoms with Crippen LogP contribution in [-0.2, 0) is 12.8 Å². The summed E-state index contributed by atoms with van der Waals surface area (Å²) in [5, 5.41) is 0. The second-order valence-corrected chi connectivity index (χ2v) is 25.8. The summed E-state index contributed by atoms with van der Waals surface area (Å²) in [5.41, 5.74) is 3.25. The highest BCUT2D eigenvalue weighted by Crippen LogP contribution is 2.48. The lowest BCUT2D eigenvalue weighted by Crippen LogP contribution is -2.05. The maximum atomic E-state index is 2.57. The second-order valence-electron chi connectivity index (χ2n) is 19.4. The predicted octanol–water partition coefficient (Wildman–Crippen LogP) is 23.3. The smallest absolute Gasteiger partial charge is 0.0605 e. The Bertz CT molecular complexity index is 1580. The number of hydrogen-bond acceptors (Lipinski definition) is 6. The molecular formula is C58H94S6. The third kappa shape index (κ3) is 21.9. The molecule has 4 rings (SSSR count). The standard InChI is InChI=1S/C58H94S6/c1-7-11-15-19-23-25-29-33-37-47(35-31-27-21-17-13-9-3)43-49-45-55(59-5)63-57(49)53-41-39-51(61-53)52-40-42-54(62-52)58-50(46-56(60-6)64-58)44-48(36-32-28-22-18-14-10-4)38-34-30-26-24-20-16-12-8-2/h39-42,45-48H,7-38,43-44H2,1-6H3. The van der Waals surface area contributed by atoms with Crippen LogP contribution in [0.25, 0.3) is 29.3 Å². The van der Waals surface area contributed by atoms with Crippen molar-refractivity contribution in [2.24, 2.45) is 11.8 Å². The molecule has 0 radical (unpaired) electrons. The Balaban J connectivity index is 1.45. The zero-order chi connectivity index (χ0) is 45.5. The molecule has 6 heteroatoms. The molecular weight excluding hydrogens is 889 g/mol. The number of rotatable bonds is 41. The van der Waals surface area contributed by atoms with E-state index in [1.165, 1.54) is 246 Å². The average Bonchev–Trinajstić information content (AvgIpc) is 4.14. The molecule has 362 valence electrons. The highest BCUT2D eigenvalue weighted by atomic mass is 32.2. The van der Waals surface area contributed by atoms with Gasteiger partial charge in [0.1, 0.15) is 0 Å². The van der Waals surface area contributed by atoms with Crippen LogP contribution in [0.5, 0.6) is 0 Å². The van der Waals surface area contributed by atoms with Gasteiger partial charge in [0, 0.05) is 29.3 Å². The van der Waals surface area contributed by atoms with Gasteiger partial charge in [-0.25, -0.2) is 0 Å². The Morgan fingerprint density at radius 1 is 0.344 bits per heavy atom. The minimum absolute atomic E-state index is 0.811. The maximum absolute atomic E-state index is 2.57. The van der Waals surface area contributed by atoms with Crippen molar-refractivity contribution >= 4 is 68.9 Å². The van der Waals surface area contributed by atoms with Crippen LogP contribution >= 0.6 is 68.9 Å². The summed E-state index contributed by atoms with van der Waals surface area (Å²) in [6, 6.07) is 14.9. The molecule has 0 aliphatic rings. The Hall–Kier alpha value is -0.500. The summed E-state index contributed by atoms with van der Waals surface area (Å²) < 4.78 is 2.96. The molecule has 0 aromatic carbocycles. The topological polar surface area (TPSA) is 0 Å². The van der Waals surface area contributed by atoms with Gasteiger partial charge in [0.15, 0.2) is 0 Å². The van der Waals surface area contributed by atoms with E-state index in [-0.39, 0.29) is 0 Å². The largest absolute Gasteiger partial charge is 0.134 e. The van der Waals surface area contributed by atoms with Gasteiger partial charge in [-0.1, -0.05) is 233 Å². The quantitative estimate of drug-likeness (QED) is 0.0321. The summed E-state index contributed by atoms with van der Waals surface area (Å²) in [7, 11) is 0. The molecule has 0 aliphatic carbocycles. The van der Waals surface area contributed by atoms with Crippen LogP contribution in [0.3, 0.4) is 0 Å². The van der Waals surface area contributed by atoms with Crippen molar-refractivity contribution in [1.29, 1.82) is 0 Å². The SMILES string of the molecule is CCCCCCCCCCC(CCCCCCCC)Cc1cc(SC)sc1-c1ccc(-c2ccc(-c3sc(SC)cc3CC(CCCCCCCC)CCCCCCCCCC)s2)s1. The van der Waals surface area contributed by atoms with Gasteiger partial charge in [-0.05, 0) is 84.7 Å². The molecule has 4 aromatic rings. The molecule has 0 amide bonds.